The summed E-state index contributed by atoms with van der Waals surface area (Å²) in [7, 11) is 0. The van der Waals surface area contributed by atoms with Crippen LogP contribution < -0.4 is 15.8 Å². The Morgan fingerprint density at radius 3 is 2.46 bits per heavy atom. The first-order chi connectivity index (χ1) is 16.5. The zero-order valence-corrected chi connectivity index (χ0v) is 20.4. The molecule has 0 fully saturated rings. The number of amides is 2. The molecule has 0 bridgehead atoms. The van der Waals surface area contributed by atoms with Crippen LogP contribution in [0.25, 0.3) is 11.1 Å². The molecule has 3 aromatic carbocycles. The summed E-state index contributed by atoms with van der Waals surface area (Å²) in [6.45, 7) is 5.42. The van der Waals surface area contributed by atoms with Crippen molar-refractivity contribution in [3.05, 3.63) is 88.2 Å². The molecule has 0 radical (unpaired) electrons. The highest BCUT2D eigenvalue weighted by Crippen LogP contribution is 2.48. The van der Waals surface area contributed by atoms with E-state index in [0.29, 0.717) is 16.9 Å². The molecule has 3 N–H and O–H groups in total. The van der Waals surface area contributed by atoms with E-state index in [0.717, 1.165) is 5.56 Å². The number of ether oxygens (including phenoxy) is 2. The second-order valence-electron chi connectivity index (χ2n) is 9.42. The highest BCUT2D eigenvalue weighted by Gasteiger charge is 2.44. The van der Waals surface area contributed by atoms with Gasteiger partial charge in [-0.05, 0) is 50.6 Å². The van der Waals surface area contributed by atoms with Crippen molar-refractivity contribution in [3.8, 4) is 16.9 Å². The van der Waals surface area contributed by atoms with E-state index in [9.17, 15) is 9.59 Å². The summed E-state index contributed by atoms with van der Waals surface area (Å²) >= 11 is 6.57. The molecule has 1 heterocycles. The van der Waals surface area contributed by atoms with Crippen LogP contribution >= 0.6 is 11.6 Å². The number of alkyl carbamates (subject to hydrolysis) is 1. The van der Waals surface area contributed by atoms with Gasteiger partial charge in [0.25, 0.3) is 0 Å². The van der Waals surface area contributed by atoms with Crippen LogP contribution in [0.5, 0.6) is 5.75 Å². The lowest BCUT2D eigenvalue weighted by atomic mass is 9.85. The molecule has 1 aliphatic rings. The quantitative estimate of drug-likeness (QED) is 0.481. The molecular weight excluding hydrogens is 471 g/mol. The normalized spacial score (nSPS) is 16.8. The van der Waals surface area contributed by atoms with Crippen molar-refractivity contribution in [2.75, 3.05) is 6.54 Å². The first-order valence-corrected chi connectivity index (χ1v) is 11.5. The van der Waals surface area contributed by atoms with Crippen molar-refractivity contribution >= 4 is 23.6 Å². The minimum atomic E-state index is -1.02. The number of fused-ring (bicyclic) bond motifs is 1. The number of hydrogen-bond donors (Lipinski definition) is 2. The van der Waals surface area contributed by atoms with Crippen LogP contribution in [0.2, 0.25) is 5.02 Å². The number of hydrogen-bond acceptors (Lipinski definition) is 4. The number of halogens is 2. The van der Waals surface area contributed by atoms with Gasteiger partial charge in [-0.25, -0.2) is 9.18 Å². The van der Waals surface area contributed by atoms with Crippen LogP contribution in [-0.4, -0.2) is 24.1 Å². The summed E-state index contributed by atoms with van der Waals surface area (Å²) in [5.74, 6) is -0.924. The molecule has 0 saturated heterocycles. The minimum Gasteiger partial charge on any atom is -0.480 e. The zero-order valence-electron chi connectivity index (χ0n) is 19.7. The van der Waals surface area contributed by atoms with E-state index < -0.39 is 29.0 Å². The molecule has 4 rings (SSSR count). The minimum absolute atomic E-state index is 0.0180. The zero-order chi connectivity index (χ0) is 25.4. The number of carbonyl (C=O) groups is 2. The molecule has 0 saturated carbocycles. The van der Waals surface area contributed by atoms with Gasteiger partial charge in [-0.15, -0.1) is 0 Å². The van der Waals surface area contributed by atoms with E-state index in [-0.39, 0.29) is 29.1 Å². The van der Waals surface area contributed by atoms with E-state index in [4.69, 9.17) is 26.8 Å². The predicted molar refractivity (Wildman–Crippen MR) is 132 cm³/mol. The smallest absolute Gasteiger partial charge is 0.407 e. The van der Waals surface area contributed by atoms with Crippen LogP contribution in [0.1, 0.15) is 42.3 Å². The van der Waals surface area contributed by atoms with Crippen molar-refractivity contribution in [1.82, 2.24) is 5.32 Å². The Balaban J connectivity index is 1.80. The van der Waals surface area contributed by atoms with Gasteiger partial charge in [0.15, 0.2) is 5.60 Å². The van der Waals surface area contributed by atoms with Gasteiger partial charge in [0.1, 0.15) is 17.2 Å². The number of rotatable bonds is 5. The predicted octanol–water partition coefficient (Wildman–Crippen LogP) is 5.60. The fourth-order valence-electron chi connectivity index (χ4n) is 4.29. The molecule has 1 atom stereocenters. The summed E-state index contributed by atoms with van der Waals surface area (Å²) in [4.78, 5) is 24.6. The summed E-state index contributed by atoms with van der Waals surface area (Å²) in [6, 6.07) is 16.8. The fourth-order valence-corrected chi connectivity index (χ4v) is 4.56. The van der Waals surface area contributed by atoms with E-state index in [1.165, 1.54) is 18.2 Å². The molecule has 0 aliphatic carbocycles. The number of nitrogens with one attached hydrogen (secondary N) is 1. The van der Waals surface area contributed by atoms with Gasteiger partial charge in [-0.3, -0.25) is 4.79 Å². The molecule has 182 valence electrons. The lowest BCUT2D eigenvalue weighted by Gasteiger charge is -2.30. The standard InChI is InChI=1S/C27H26ClFN2O4/c1-26(2,3)35-25(33)31-15-27(16-8-5-4-6-9-16)14-18-21(34-27)13-12-19(28)22(18)23-17(24(30)32)10-7-11-20(23)29/h4-13H,14-15H2,1-3H3,(H2,30,32)(H,31,33)/t27-/m1/s1. The van der Waals surface area contributed by atoms with E-state index in [1.54, 1.807) is 32.9 Å². The average Bonchev–Trinajstić information content (AvgIpc) is 3.17. The van der Waals surface area contributed by atoms with Crippen LogP contribution in [0.4, 0.5) is 9.18 Å². The van der Waals surface area contributed by atoms with E-state index >= 15 is 4.39 Å². The van der Waals surface area contributed by atoms with Gasteiger partial charge < -0.3 is 20.5 Å². The first-order valence-electron chi connectivity index (χ1n) is 11.1. The third kappa shape index (κ3) is 4.95. The largest absolute Gasteiger partial charge is 0.480 e. The lowest BCUT2D eigenvalue weighted by molar-refractivity contribution is 0.0415. The second kappa shape index (κ2) is 9.23. The van der Waals surface area contributed by atoms with Gasteiger partial charge in [0, 0.05) is 33.7 Å². The lowest BCUT2D eigenvalue weighted by Crippen LogP contribution is -2.45. The third-order valence-corrected chi connectivity index (χ3v) is 6.05. The summed E-state index contributed by atoms with van der Waals surface area (Å²) < 4.78 is 26.9. The summed E-state index contributed by atoms with van der Waals surface area (Å²) in [5, 5.41) is 3.06. The molecule has 0 unspecified atom stereocenters. The molecule has 2 amide bonds. The Hall–Kier alpha value is -3.58. The van der Waals surface area contributed by atoms with E-state index in [2.05, 4.69) is 5.32 Å². The second-order valence-corrected chi connectivity index (χ2v) is 9.83. The van der Waals surface area contributed by atoms with Crippen LogP contribution in [0.3, 0.4) is 0 Å². The molecule has 1 aliphatic heterocycles. The maximum absolute atomic E-state index is 15.1. The molecule has 3 aromatic rings. The van der Waals surface area contributed by atoms with Gasteiger partial charge in [0.05, 0.1) is 6.54 Å². The van der Waals surface area contributed by atoms with Gasteiger partial charge >= 0.3 is 6.09 Å². The number of primary amides is 1. The Morgan fingerprint density at radius 2 is 1.80 bits per heavy atom. The number of benzene rings is 3. The molecular formula is C27H26ClFN2O4. The van der Waals surface area contributed by atoms with Crippen LogP contribution in [-0.2, 0) is 16.8 Å². The Kier molecular flexibility index (Phi) is 6.47. The Labute approximate surface area is 208 Å². The van der Waals surface area contributed by atoms with Crippen molar-refractivity contribution in [2.45, 2.75) is 38.4 Å². The Bertz CT molecular complexity index is 1290. The molecule has 0 spiro atoms. The monoisotopic (exact) mass is 496 g/mol. The van der Waals surface area contributed by atoms with Gasteiger partial charge in [-0.1, -0.05) is 48.0 Å². The Morgan fingerprint density at radius 1 is 1.09 bits per heavy atom. The SMILES string of the molecule is CC(C)(C)OC(=O)NC[C@@]1(c2ccccc2)Cc2c(ccc(Cl)c2-c2c(F)cccc2C(N)=O)O1. The van der Waals surface area contributed by atoms with Crippen LogP contribution in [0, 0.1) is 5.82 Å². The van der Waals surface area contributed by atoms with Crippen molar-refractivity contribution < 1.29 is 23.5 Å². The average molecular weight is 497 g/mol. The van der Waals surface area contributed by atoms with Crippen molar-refractivity contribution in [1.29, 1.82) is 0 Å². The summed E-state index contributed by atoms with van der Waals surface area (Å²) in [6.07, 6.45) is -0.333. The topological polar surface area (TPSA) is 90.6 Å². The maximum atomic E-state index is 15.1. The number of nitrogens with two attached hydrogens (primary N) is 1. The third-order valence-electron chi connectivity index (χ3n) is 5.73. The highest BCUT2D eigenvalue weighted by molar-refractivity contribution is 6.34. The van der Waals surface area contributed by atoms with Gasteiger partial charge in [0.2, 0.25) is 5.91 Å². The number of carbonyl (C=O) groups excluding carboxylic acids is 2. The van der Waals surface area contributed by atoms with Crippen LogP contribution in [0.15, 0.2) is 60.7 Å². The summed E-state index contributed by atoms with van der Waals surface area (Å²) in [5.41, 5.74) is 5.66. The van der Waals surface area contributed by atoms with Gasteiger partial charge in [-0.2, -0.15) is 0 Å². The van der Waals surface area contributed by atoms with Crippen molar-refractivity contribution in [3.63, 3.8) is 0 Å². The highest BCUT2D eigenvalue weighted by atomic mass is 35.5. The molecule has 8 heteroatoms. The molecule has 6 nitrogen and oxygen atoms in total. The first kappa shape index (κ1) is 24.5. The van der Waals surface area contributed by atoms with E-state index in [1.807, 2.05) is 30.3 Å². The fraction of sp³-hybridized carbons (Fsp3) is 0.259. The maximum Gasteiger partial charge on any atom is 0.407 e. The molecule has 35 heavy (non-hydrogen) atoms. The van der Waals surface area contributed by atoms with Crippen molar-refractivity contribution in [2.24, 2.45) is 5.73 Å². The molecule has 0 aromatic heterocycles.